The van der Waals surface area contributed by atoms with Crippen LogP contribution in [0.2, 0.25) is 0 Å². The number of pyridine rings is 3. The van der Waals surface area contributed by atoms with Crippen molar-refractivity contribution in [2.45, 2.75) is 74.1 Å². The van der Waals surface area contributed by atoms with Crippen LogP contribution in [0.1, 0.15) is 71.6 Å². The van der Waals surface area contributed by atoms with Crippen LogP contribution in [-0.4, -0.2) is 41.4 Å². The highest BCUT2D eigenvalue weighted by Crippen LogP contribution is 2.34. The van der Waals surface area contributed by atoms with Gasteiger partial charge in [-0.05, 0) is 72.4 Å². The molecule has 9 nitrogen and oxygen atoms in total. The Bertz CT molecular complexity index is 2100. The lowest BCUT2D eigenvalue weighted by Crippen LogP contribution is -1.96. The molecule has 0 atom stereocenters. The number of aromatic hydroxyl groups is 1. The van der Waals surface area contributed by atoms with Crippen LogP contribution in [0.5, 0.6) is 46.1 Å². The molecule has 0 fully saturated rings. The largest absolute Gasteiger partial charge is 0.504 e. The summed E-state index contributed by atoms with van der Waals surface area (Å²) in [6.07, 6.45) is 6.01. The highest BCUT2D eigenvalue weighted by molar-refractivity contribution is 5.46. The Balaban J connectivity index is 0.000000434. The van der Waals surface area contributed by atoms with Gasteiger partial charge in [0, 0.05) is 36.4 Å². The summed E-state index contributed by atoms with van der Waals surface area (Å²) in [5.41, 5.74) is 3.42. The van der Waals surface area contributed by atoms with E-state index in [1.807, 2.05) is 36.4 Å². The van der Waals surface area contributed by atoms with Crippen molar-refractivity contribution in [1.29, 1.82) is 0 Å². The van der Waals surface area contributed by atoms with E-state index in [0.717, 1.165) is 67.9 Å². The molecule has 63 heavy (non-hydrogen) atoms. The molecule has 342 valence electrons. The molecule has 0 amide bonds. The number of ether oxygens (including phenoxy) is 5. The summed E-state index contributed by atoms with van der Waals surface area (Å²) in [6.45, 7) is 6.29. The van der Waals surface area contributed by atoms with E-state index in [1.54, 1.807) is 25.3 Å². The van der Waals surface area contributed by atoms with E-state index in [9.17, 15) is 35.8 Å². The van der Waals surface area contributed by atoms with Gasteiger partial charge in [-0.1, -0.05) is 73.1 Å². The predicted molar refractivity (Wildman–Crippen MR) is 229 cm³/mol. The number of nitrogens with zero attached hydrogens (tertiary/aromatic N) is 3. The lowest BCUT2D eigenvalue weighted by atomic mass is 10.1. The molecule has 0 saturated carbocycles. The third-order valence-corrected chi connectivity index (χ3v) is 7.96. The maximum absolute atomic E-state index is 13.1. The highest BCUT2D eigenvalue weighted by Gasteiger charge is 2.12. The van der Waals surface area contributed by atoms with Crippen molar-refractivity contribution in [2.75, 3.05) is 21.3 Å². The van der Waals surface area contributed by atoms with E-state index >= 15 is 0 Å². The maximum atomic E-state index is 13.1. The average molecular weight is 890 g/mol. The van der Waals surface area contributed by atoms with Crippen molar-refractivity contribution in [1.82, 2.24) is 15.0 Å². The Morgan fingerprint density at radius 2 is 0.794 bits per heavy atom. The van der Waals surface area contributed by atoms with Crippen molar-refractivity contribution in [3.05, 3.63) is 149 Å². The highest BCUT2D eigenvalue weighted by atomic mass is 19.2. The Morgan fingerprint density at radius 1 is 0.429 bits per heavy atom. The van der Waals surface area contributed by atoms with Gasteiger partial charge in [-0.15, -0.1) is 0 Å². The number of hydrogen-bond donors (Lipinski definition) is 1. The molecule has 3 aromatic carbocycles. The molecule has 0 bridgehead atoms. The number of aromatic nitrogens is 3. The van der Waals surface area contributed by atoms with Crippen LogP contribution in [0.3, 0.4) is 0 Å². The molecule has 0 saturated heterocycles. The van der Waals surface area contributed by atoms with Gasteiger partial charge >= 0.3 is 0 Å². The summed E-state index contributed by atoms with van der Waals surface area (Å²) in [5.74, 6) is -4.34. The molecule has 0 aliphatic carbocycles. The molecule has 3 aromatic heterocycles. The molecule has 6 rings (SSSR count). The third kappa shape index (κ3) is 18.9. The molecule has 6 aromatic rings. The van der Waals surface area contributed by atoms with Crippen molar-refractivity contribution >= 4 is 0 Å². The quantitative estimate of drug-likeness (QED) is 0.0896. The van der Waals surface area contributed by atoms with Crippen LogP contribution in [-0.2, 0) is 19.3 Å². The fourth-order valence-corrected chi connectivity index (χ4v) is 5.32. The first kappa shape index (κ1) is 54.4. The van der Waals surface area contributed by atoms with E-state index in [1.165, 1.54) is 19.8 Å². The molecule has 16 heteroatoms. The van der Waals surface area contributed by atoms with Gasteiger partial charge in [-0.2, -0.15) is 36.9 Å². The number of rotatable bonds is 13. The fraction of sp³-hybridized carbons (Fsp3) is 0.298. The maximum Gasteiger partial charge on any atom is 0.225 e. The Labute approximate surface area is 364 Å². The van der Waals surface area contributed by atoms with Crippen LogP contribution in [0.25, 0.3) is 0 Å². The zero-order valence-electron chi connectivity index (χ0n) is 34.4. The van der Waals surface area contributed by atoms with Gasteiger partial charge in [-0.3, -0.25) is 0 Å². The van der Waals surface area contributed by atoms with Crippen LogP contribution in [0, 0.1) is 41.4 Å². The Morgan fingerprint density at radius 3 is 1.19 bits per heavy atom. The smallest absolute Gasteiger partial charge is 0.225 e. The SMILES string of the molecule is C.C.CCCc1ccc(O)c(OC)c1.CCCc1ccc(Oc2cc(F)cc(F)n2)c(OC)c1.CCCc1ccc(Oc2cc(F)nc(F)c2)c(OC)c1.Fc1cc(F)nc(F)c1. The predicted octanol–water partition coefficient (Wildman–Crippen LogP) is 13.4. The van der Waals surface area contributed by atoms with Gasteiger partial charge in [-0.25, -0.2) is 8.78 Å². The molecule has 1 N–H and O–H groups in total. The molecule has 0 spiro atoms. The monoisotopic (exact) mass is 889 g/mol. The summed E-state index contributed by atoms with van der Waals surface area (Å²) in [6, 6.07) is 21.1. The minimum Gasteiger partial charge on any atom is -0.504 e. The van der Waals surface area contributed by atoms with Gasteiger partial charge in [0.2, 0.25) is 35.6 Å². The first-order chi connectivity index (χ1) is 29.2. The zero-order valence-corrected chi connectivity index (χ0v) is 34.4. The van der Waals surface area contributed by atoms with E-state index in [2.05, 4.69) is 35.7 Å². The normalized spacial score (nSPS) is 9.86. The Kier molecular flexibility index (Phi) is 24.3. The third-order valence-electron chi connectivity index (χ3n) is 7.96. The number of phenols is 1. The second kappa shape index (κ2) is 28.1. The molecule has 0 unspecified atom stereocenters. The first-order valence-electron chi connectivity index (χ1n) is 18.9. The fourth-order valence-electron chi connectivity index (χ4n) is 5.32. The standard InChI is InChI=1S/2C15H15F2NO2.C10H14O2.C5H2F3N.2CH4/c1-3-4-10-5-6-12(13(7-10)19-2)20-11-8-14(16)18-15(17)9-11;1-3-4-10-5-6-12(13(7-10)19-2)20-15-9-11(16)8-14(17)18-15;1-3-4-8-5-6-9(11)10(7-8)12-2;6-3-1-4(7)9-5(8)2-3;;/h2*5-9H,3-4H2,1-2H3;5-7,11H,3-4H2,1-2H3;1-2H;2*1H4. The van der Waals surface area contributed by atoms with Gasteiger partial charge in [0.25, 0.3) is 0 Å². The van der Waals surface area contributed by atoms with Gasteiger partial charge in [0.15, 0.2) is 34.5 Å². The number of aryl methyl sites for hydroxylation is 3. The molecular formula is C47H54F7N3O6. The number of benzene rings is 3. The Hall–Kier alpha value is -6.58. The van der Waals surface area contributed by atoms with Crippen molar-refractivity contribution in [3.8, 4) is 46.1 Å². The van der Waals surface area contributed by atoms with Crippen molar-refractivity contribution in [2.24, 2.45) is 0 Å². The van der Waals surface area contributed by atoms with E-state index < -0.39 is 41.4 Å². The van der Waals surface area contributed by atoms with E-state index in [-0.39, 0.29) is 32.2 Å². The second-order valence-corrected chi connectivity index (χ2v) is 12.8. The summed E-state index contributed by atoms with van der Waals surface area (Å²) in [4.78, 5) is 9.15. The van der Waals surface area contributed by atoms with Crippen LogP contribution in [0.4, 0.5) is 30.7 Å². The summed E-state index contributed by atoms with van der Waals surface area (Å²) in [5, 5.41) is 9.28. The summed E-state index contributed by atoms with van der Waals surface area (Å²) >= 11 is 0. The van der Waals surface area contributed by atoms with E-state index in [4.69, 9.17) is 23.7 Å². The zero-order chi connectivity index (χ0) is 44.9. The molecule has 0 radical (unpaired) electrons. The minimum absolute atomic E-state index is 0. The molecular weight excluding hydrogens is 836 g/mol. The van der Waals surface area contributed by atoms with E-state index in [0.29, 0.717) is 46.9 Å². The summed E-state index contributed by atoms with van der Waals surface area (Å²) < 4.78 is 114. The average Bonchev–Trinajstić information content (AvgIpc) is 3.19. The lowest BCUT2D eigenvalue weighted by Gasteiger charge is -2.11. The number of halogens is 7. The van der Waals surface area contributed by atoms with Gasteiger partial charge < -0.3 is 28.8 Å². The summed E-state index contributed by atoms with van der Waals surface area (Å²) in [7, 11) is 4.59. The van der Waals surface area contributed by atoms with Crippen LogP contribution >= 0.6 is 0 Å². The van der Waals surface area contributed by atoms with Crippen LogP contribution in [0.15, 0.2) is 91.0 Å². The first-order valence-corrected chi connectivity index (χ1v) is 18.9. The molecule has 0 aliphatic heterocycles. The van der Waals surface area contributed by atoms with Crippen molar-refractivity contribution < 1.29 is 59.5 Å². The van der Waals surface area contributed by atoms with Crippen molar-refractivity contribution in [3.63, 3.8) is 0 Å². The van der Waals surface area contributed by atoms with Gasteiger partial charge in [0.05, 0.1) is 21.3 Å². The molecule has 3 heterocycles. The molecule has 0 aliphatic rings. The minimum atomic E-state index is -1.15. The number of hydrogen-bond acceptors (Lipinski definition) is 9. The lowest BCUT2D eigenvalue weighted by molar-refractivity contribution is 0.368. The van der Waals surface area contributed by atoms with Gasteiger partial charge in [0.1, 0.15) is 17.4 Å². The topological polar surface area (TPSA) is 105 Å². The van der Waals surface area contributed by atoms with Crippen LogP contribution < -0.4 is 23.7 Å². The second-order valence-electron chi connectivity index (χ2n) is 12.8. The number of methoxy groups -OCH3 is 3. The number of phenolic OH excluding ortho intramolecular Hbond substituents is 1.